The topological polar surface area (TPSA) is 103 Å². The van der Waals surface area contributed by atoms with Gasteiger partial charge in [0, 0.05) is 23.8 Å². The Bertz CT molecular complexity index is 1240. The number of nitrogens with one attached hydrogen (secondary N) is 2. The van der Waals surface area contributed by atoms with Crippen molar-refractivity contribution in [3.8, 4) is 11.7 Å². The van der Waals surface area contributed by atoms with Gasteiger partial charge in [0.05, 0.1) is 6.54 Å². The SMILES string of the molecule is Cc1ccc(CNc2nc(Nc3cccc(-n4ccnc4C)c3)nc(OCC(F)(F)F)n2)o1. The number of halogens is 3. The largest absolute Gasteiger partial charge is 0.465 e. The molecule has 4 aromatic rings. The summed E-state index contributed by atoms with van der Waals surface area (Å²) in [5.74, 6) is 2.19. The molecule has 4 rings (SSSR count). The van der Waals surface area contributed by atoms with Gasteiger partial charge in [0.25, 0.3) is 0 Å². The standard InChI is InChI=1S/C21H20F3N7O2/c1-13-6-7-17(33-13)11-26-18-28-19(30-20(29-18)32-12-21(22,23)24)27-15-4-3-5-16(10-15)31-9-8-25-14(31)2/h3-10H,11-12H2,1-2H3,(H2,26,27,28,29,30). The number of rotatable bonds is 8. The summed E-state index contributed by atoms with van der Waals surface area (Å²) in [4.78, 5) is 16.3. The fourth-order valence-corrected chi connectivity index (χ4v) is 2.96. The van der Waals surface area contributed by atoms with E-state index in [4.69, 9.17) is 9.15 Å². The number of alkyl halides is 3. The minimum atomic E-state index is -4.53. The molecule has 0 amide bonds. The van der Waals surface area contributed by atoms with Crippen LogP contribution < -0.4 is 15.4 Å². The highest BCUT2D eigenvalue weighted by Gasteiger charge is 2.29. The zero-order valence-corrected chi connectivity index (χ0v) is 17.7. The monoisotopic (exact) mass is 459 g/mol. The third-order valence-corrected chi connectivity index (χ3v) is 4.40. The summed E-state index contributed by atoms with van der Waals surface area (Å²) in [6, 6.07) is 10.4. The molecule has 3 aromatic heterocycles. The molecule has 0 aliphatic carbocycles. The fraction of sp³-hybridized carbons (Fsp3) is 0.238. The number of hydrogen-bond donors (Lipinski definition) is 2. The van der Waals surface area contributed by atoms with Crippen molar-refractivity contribution in [2.24, 2.45) is 0 Å². The zero-order chi connectivity index (χ0) is 23.4. The van der Waals surface area contributed by atoms with Crippen LogP contribution in [0.3, 0.4) is 0 Å². The van der Waals surface area contributed by atoms with Gasteiger partial charge in [-0.2, -0.15) is 28.1 Å². The Kier molecular flexibility index (Phi) is 6.16. The van der Waals surface area contributed by atoms with E-state index in [1.54, 1.807) is 31.3 Å². The maximum absolute atomic E-state index is 12.6. The smallest absolute Gasteiger partial charge is 0.422 e. The van der Waals surface area contributed by atoms with Gasteiger partial charge in [0.2, 0.25) is 11.9 Å². The number of imidazole rings is 1. The first-order valence-corrected chi connectivity index (χ1v) is 9.87. The lowest BCUT2D eigenvalue weighted by Crippen LogP contribution is -2.20. The van der Waals surface area contributed by atoms with Gasteiger partial charge in [-0.1, -0.05) is 6.07 Å². The summed E-state index contributed by atoms with van der Waals surface area (Å²) in [6.07, 6.45) is -1.03. The van der Waals surface area contributed by atoms with E-state index in [0.717, 1.165) is 17.3 Å². The van der Waals surface area contributed by atoms with E-state index in [1.807, 2.05) is 35.9 Å². The molecule has 0 bridgehead atoms. The molecule has 0 aliphatic heterocycles. The van der Waals surface area contributed by atoms with Crippen LogP contribution in [0, 0.1) is 13.8 Å². The molecule has 2 N–H and O–H groups in total. The van der Waals surface area contributed by atoms with E-state index in [-0.39, 0.29) is 18.4 Å². The van der Waals surface area contributed by atoms with Gasteiger partial charge in [0.1, 0.15) is 17.3 Å². The van der Waals surface area contributed by atoms with Crippen LogP contribution in [0.1, 0.15) is 17.3 Å². The van der Waals surface area contributed by atoms with Crippen LogP contribution in [0.25, 0.3) is 5.69 Å². The highest BCUT2D eigenvalue weighted by molar-refractivity contribution is 5.58. The average Bonchev–Trinajstić information content (AvgIpc) is 3.38. The molecule has 0 fully saturated rings. The van der Waals surface area contributed by atoms with Gasteiger partial charge < -0.3 is 24.4 Å². The van der Waals surface area contributed by atoms with Crippen LogP contribution in [0.2, 0.25) is 0 Å². The van der Waals surface area contributed by atoms with E-state index in [2.05, 4.69) is 30.6 Å². The summed E-state index contributed by atoms with van der Waals surface area (Å²) >= 11 is 0. The predicted octanol–water partition coefficient (Wildman–Crippen LogP) is 4.56. The van der Waals surface area contributed by atoms with E-state index in [9.17, 15) is 13.2 Å². The van der Waals surface area contributed by atoms with Gasteiger partial charge in [-0.05, 0) is 44.2 Å². The van der Waals surface area contributed by atoms with E-state index in [0.29, 0.717) is 11.4 Å². The number of ether oxygens (including phenoxy) is 1. The van der Waals surface area contributed by atoms with Crippen molar-refractivity contribution in [1.29, 1.82) is 0 Å². The molecule has 0 saturated heterocycles. The molecular formula is C21H20F3N7O2. The number of aromatic nitrogens is 5. The Morgan fingerprint density at radius 3 is 2.58 bits per heavy atom. The molecule has 3 heterocycles. The van der Waals surface area contributed by atoms with Gasteiger partial charge >= 0.3 is 12.2 Å². The average molecular weight is 459 g/mol. The Morgan fingerprint density at radius 2 is 1.88 bits per heavy atom. The maximum atomic E-state index is 12.6. The quantitative estimate of drug-likeness (QED) is 0.395. The lowest BCUT2D eigenvalue weighted by Gasteiger charge is -2.12. The van der Waals surface area contributed by atoms with Crippen LogP contribution >= 0.6 is 0 Å². The van der Waals surface area contributed by atoms with E-state index < -0.39 is 18.8 Å². The molecule has 1 aromatic carbocycles. The highest BCUT2D eigenvalue weighted by atomic mass is 19.4. The molecular weight excluding hydrogens is 439 g/mol. The maximum Gasteiger partial charge on any atom is 0.422 e. The minimum absolute atomic E-state index is 0.0137. The van der Waals surface area contributed by atoms with Gasteiger partial charge in [-0.25, -0.2) is 4.98 Å². The van der Waals surface area contributed by atoms with Crippen molar-refractivity contribution in [2.75, 3.05) is 17.2 Å². The molecule has 0 atom stereocenters. The van der Waals surface area contributed by atoms with Gasteiger partial charge in [-0.3, -0.25) is 0 Å². The second kappa shape index (κ2) is 9.18. The molecule has 0 aliphatic rings. The van der Waals surface area contributed by atoms with Crippen molar-refractivity contribution in [1.82, 2.24) is 24.5 Å². The molecule has 0 spiro atoms. The number of hydrogen-bond acceptors (Lipinski definition) is 8. The third kappa shape index (κ3) is 5.99. The third-order valence-electron chi connectivity index (χ3n) is 4.40. The molecule has 0 saturated carbocycles. The number of furan rings is 1. The summed E-state index contributed by atoms with van der Waals surface area (Å²) in [7, 11) is 0. The van der Waals surface area contributed by atoms with Crippen molar-refractivity contribution >= 4 is 17.6 Å². The molecule has 0 radical (unpaired) electrons. The van der Waals surface area contributed by atoms with Crippen molar-refractivity contribution in [3.05, 3.63) is 66.1 Å². The molecule has 0 unspecified atom stereocenters. The van der Waals surface area contributed by atoms with E-state index >= 15 is 0 Å². The van der Waals surface area contributed by atoms with Crippen LogP contribution in [0.15, 0.2) is 53.2 Å². The summed E-state index contributed by atoms with van der Waals surface area (Å²) in [5.41, 5.74) is 1.45. The molecule has 33 heavy (non-hydrogen) atoms. The fourth-order valence-electron chi connectivity index (χ4n) is 2.96. The molecule has 9 nitrogen and oxygen atoms in total. The predicted molar refractivity (Wildman–Crippen MR) is 114 cm³/mol. The van der Waals surface area contributed by atoms with Crippen molar-refractivity contribution in [3.63, 3.8) is 0 Å². The Labute approximate surface area is 186 Å². The normalized spacial score (nSPS) is 11.4. The second-order valence-corrected chi connectivity index (χ2v) is 7.05. The number of aryl methyl sites for hydroxylation is 2. The Hall–Kier alpha value is -4.09. The first-order valence-electron chi connectivity index (χ1n) is 9.87. The Morgan fingerprint density at radius 1 is 1.06 bits per heavy atom. The summed E-state index contributed by atoms with van der Waals surface area (Å²) < 4.78 is 50.0. The lowest BCUT2D eigenvalue weighted by atomic mass is 10.2. The highest BCUT2D eigenvalue weighted by Crippen LogP contribution is 2.22. The van der Waals surface area contributed by atoms with Gasteiger partial charge in [-0.15, -0.1) is 0 Å². The van der Waals surface area contributed by atoms with E-state index in [1.165, 1.54) is 0 Å². The van der Waals surface area contributed by atoms with Crippen LogP contribution in [0.4, 0.5) is 30.8 Å². The second-order valence-electron chi connectivity index (χ2n) is 7.05. The van der Waals surface area contributed by atoms with Crippen LogP contribution in [0.5, 0.6) is 6.01 Å². The van der Waals surface area contributed by atoms with Crippen molar-refractivity contribution in [2.45, 2.75) is 26.6 Å². The Balaban J connectivity index is 1.57. The summed E-state index contributed by atoms with van der Waals surface area (Å²) in [5, 5.41) is 5.89. The van der Waals surface area contributed by atoms with Crippen LogP contribution in [-0.2, 0) is 6.54 Å². The number of anilines is 3. The molecule has 12 heteroatoms. The minimum Gasteiger partial charge on any atom is -0.465 e. The van der Waals surface area contributed by atoms with Gasteiger partial charge in [0.15, 0.2) is 6.61 Å². The van der Waals surface area contributed by atoms with Crippen LogP contribution in [-0.4, -0.2) is 37.3 Å². The zero-order valence-electron chi connectivity index (χ0n) is 17.7. The first kappa shape index (κ1) is 22.1. The summed E-state index contributed by atoms with van der Waals surface area (Å²) in [6.45, 7) is 2.37. The number of benzene rings is 1. The lowest BCUT2D eigenvalue weighted by molar-refractivity contribution is -0.154. The number of nitrogens with zero attached hydrogens (tertiary/aromatic N) is 5. The first-order chi connectivity index (χ1) is 15.7. The molecule has 172 valence electrons. The van der Waals surface area contributed by atoms with Crippen molar-refractivity contribution < 1.29 is 22.3 Å².